The topological polar surface area (TPSA) is 38.3 Å². The predicted octanol–water partition coefficient (Wildman–Crippen LogP) is 3.05. The highest BCUT2D eigenvalue weighted by Crippen LogP contribution is 2.17. The largest absolute Gasteiger partial charge is 0.369 e. The van der Waals surface area contributed by atoms with Crippen LogP contribution in [0, 0.1) is 0 Å². The van der Waals surface area contributed by atoms with Crippen LogP contribution in [0.3, 0.4) is 0 Å². The summed E-state index contributed by atoms with van der Waals surface area (Å²) in [7, 11) is 0. The molecule has 0 fully saturated rings. The highest BCUT2D eigenvalue weighted by atomic mass is 79.9. The van der Waals surface area contributed by atoms with Crippen molar-refractivity contribution in [2.75, 3.05) is 6.61 Å². The first kappa shape index (κ1) is 14.2. The van der Waals surface area contributed by atoms with Gasteiger partial charge in [-0.3, -0.25) is 4.79 Å². The Morgan fingerprint density at radius 1 is 1.41 bits per heavy atom. The van der Waals surface area contributed by atoms with Crippen molar-refractivity contribution in [3.63, 3.8) is 0 Å². The second-order valence-electron chi connectivity index (χ2n) is 4.20. The number of carbonyl (C=O) groups is 1. The first-order chi connectivity index (χ1) is 7.99. The monoisotopic (exact) mass is 299 g/mol. The number of hydrogen-bond donors (Lipinski definition) is 1. The van der Waals surface area contributed by atoms with Gasteiger partial charge in [-0.2, -0.15) is 0 Å². The van der Waals surface area contributed by atoms with Gasteiger partial charge in [0.2, 0.25) is 5.91 Å². The third-order valence-corrected chi connectivity index (χ3v) is 2.77. The van der Waals surface area contributed by atoms with Gasteiger partial charge in [0.05, 0.1) is 12.1 Å². The van der Waals surface area contributed by atoms with E-state index in [0.717, 1.165) is 10.0 Å². The molecule has 4 heteroatoms. The average molecular weight is 300 g/mol. The van der Waals surface area contributed by atoms with E-state index in [-0.39, 0.29) is 24.7 Å². The van der Waals surface area contributed by atoms with E-state index >= 15 is 0 Å². The summed E-state index contributed by atoms with van der Waals surface area (Å²) in [6.45, 7) is 5.88. The van der Waals surface area contributed by atoms with Crippen LogP contribution in [0.25, 0.3) is 0 Å². The molecular formula is C13H18BrNO2. The molecule has 1 amide bonds. The van der Waals surface area contributed by atoms with E-state index in [2.05, 4.69) is 21.2 Å². The smallest absolute Gasteiger partial charge is 0.246 e. The van der Waals surface area contributed by atoms with Gasteiger partial charge in [-0.25, -0.2) is 0 Å². The summed E-state index contributed by atoms with van der Waals surface area (Å²) in [5.41, 5.74) is 1.07. The molecule has 17 heavy (non-hydrogen) atoms. The van der Waals surface area contributed by atoms with Gasteiger partial charge >= 0.3 is 0 Å². The summed E-state index contributed by atoms with van der Waals surface area (Å²) in [5, 5.41) is 2.89. The molecule has 0 saturated carbocycles. The maximum atomic E-state index is 11.6. The van der Waals surface area contributed by atoms with E-state index in [1.807, 2.05) is 45.0 Å². The molecule has 1 rings (SSSR count). The lowest BCUT2D eigenvalue weighted by Crippen LogP contribution is -2.31. The van der Waals surface area contributed by atoms with Crippen molar-refractivity contribution in [2.45, 2.75) is 32.9 Å². The summed E-state index contributed by atoms with van der Waals surface area (Å²) in [4.78, 5) is 11.6. The van der Waals surface area contributed by atoms with Gasteiger partial charge in [-0.15, -0.1) is 0 Å². The molecular weight excluding hydrogens is 282 g/mol. The van der Waals surface area contributed by atoms with Gasteiger partial charge in [0.1, 0.15) is 6.61 Å². The number of benzene rings is 1. The van der Waals surface area contributed by atoms with Gasteiger partial charge in [0.15, 0.2) is 0 Å². The van der Waals surface area contributed by atoms with E-state index in [1.54, 1.807) is 0 Å². The van der Waals surface area contributed by atoms with Crippen molar-refractivity contribution in [1.82, 2.24) is 5.32 Å². The number of amides is 1. The molecule has 1 aromatic carbocycles. The fourth-order valence-corrected chi connectivity index (χ4v) is 1.80. The zero-order chi connectivity index (χ0) is 12.8. The minimum absolute atomic E-state index is 0.0178. The second kappa shape index (κ2) is 6.77. The summed E-state index contributed by atoms with van der Waals surface area (Å²) in [6, 6.07) is 7.87. The Kier molecular flexibility index (Phi) is 5.65. The summed E-state index contributed by atoms with van der Waals surface area (Å²) >= 11 is 3.41. The van der Waals surface area contributed by atoms with Crippen molar-refractivity contribution in [3.05, 3.63) is 34.3 Å². The molecule has 0 saturated heterocycles. The summed E-state index contributed by atoms with van der Waals surface area (Å²) in [6.07, 6.45) is 0.0712. The summed E-state index contributed by atoms with van der Waals surface area (Å²) < 4.78 is 6.25. The van der Waals surface area contributed by atoms with Crippen LogP contribution < -0.4 is 5.32 Å². The van der Waals surface area contributed by atoms with Gasteiger partial charge in [-0.1, -0.05) is 28.1 Å². The molecule has 0 bridgehead atoms. The number of hydrogen-bond acceptors (Lipinski definition) is 2. The molecule has 0 spiro atoms. The predicted molar refractivity (Wildman–Crippen MR) is 71.8 cm³/mol. The highest BCUT2D eigenvalue weighted by Gasteiger charge is 2.10. The second-order valence-corrected chi connectivity index (χ2v) is 5.12. The molecule has 0 unspecified atom stereocenters. The Morgan fingerprint density at radius 3 is 2.71 bits per heavy atom. The molecule has 0 aromatic heterocycles. The summed E-state index contributed by atoms with van der Waals surface area (Å²) in [5.74, 6) is -0.0915. The molecule has 0 aliphatic rings. The highest BCUT2D eigenvalue weighted by molar-refractivity contribution is 9.10. The SMILES string of the molecule is CC(C)OCC(=O)N[C@@H](C)c1cccc(Br)c1. The molecule has 1 atom stereocenters. The standard InChI is InChI=1S/C13H18BrNO2/c1-9(2)17-8-13(16)15-10(3)11-5-4-6-12(14)7-11/h4-7,9-10H,8H2,1-3H3,(H,15,16)/t10-/m0/s1. The molecule has 1 N–H and O–H groups in total. The van der Waals surface area contributed by atoms with Gasteiger partial charge in [0, 0.05) is 4.47 Å². The molecule has 0 aliphatic heterocycles. The fraction of sp³-hybridized carbons (Fsp3) is 0.462. The zero-order valence-electron chi connectivity index (χ0n) is 10.4. The number of rotatable bonds is 5. The van der Waals surface area contributed by atoms with Gasteiger partial charge in [-0.05, 0) is 38.5 Å². The van der Waals surface area contributed by atoms with E-state index in [0.29, 0.717) is 0 Å². The lowest BCUT2D eigenvalue weighted by Gasteiger charge is -2.15. The Bertz CT molecular complexity index is 379. The Balaban J connectivity index is 2.48. The first-order valence-electron chi connectivity index (χ1n) is 5.65. The van der Waals surface area contributed by atoms with Crippen LogP contribution >= 0.6 is 15.9 Å². The number of carbonyl (C=O) groups excluding carboxylic acids is 1. The van der Waals surface area contributed by atoms with Crippen LogP contribution in [0.15, 0.2) is 28.7 Å². The number of halogens is 1. The normalized spacial score (nSPS) is 12.5. The van der Waals surface area contributed by atoms with Gasteiger partial charge in [0.25, 0.3) is 0 Å². The third kappa shape index (κ3) is 5.33. The molecule has 1 aromatic rings. The van der Waals surface area contributed by atoms with Crippen molar-refractivity contribution in [3.8, 4) is 0 Å². The zero-order valence-corrected chi connectivity index (χ0v) is 12.0. The Hall–Kier alpha value is -0.870. The molecule has 0 radical (unpaired) electrons. The van der Waals surface area contributed by atoms with Crippen LogP contribution in [-0.2, 0) is 9.53 Å². The number of nitrogens with one attached hydrogen (secondary N) is 1. The first-order valence-corrected chi connectivity index (χ1v) is 6.44. The van der Waals surface area contributed by atoms with Crippen molar-refractivity contribution in [2.24, 2.45) is 0 Å². The van der Waals surface area contributed by atoms with Crippen LogP contribution in [-0.4, -0.2) is 18.6 Å². The van der Waals surface area contributed by atoms with Crippen LogP contribution in [0.5, 0.6) is 0 Å². The Morgan fingerprint density at radius 2 is 2.12 bits per heavy atom. The van der Waals surface area contributed by atoms with E-state index in [9.17, 15) is 4.79 Å². The fourth-order valence-electron chi connectivity index (χ4n) is 1.38. The molecule has 0 heterocycles. The lowest BCUT2D eigenvalue weighted by atomic mass is 10.1. The van der Waals surface area contributed by atoms with Crippen molar-refractivity contribution >= 4 is 21.8 Å². The maximum absolute atomic E-state index is 11.6. The minimum atomic E-state index is -0.0915. The number of ether oxygens (including phenoxy) is 1. The van der Waals surface area contributed by atoms with Crippen LogP contribution in [0.2, 0.25) is 0 Å². The van der Waals surface area contributed by atoms with E-state index in [1.165, 1.54) is 0 Å². The quantitative estimate of drug-likeness (QED) is 0.907. The minimum Gasteiger partial charge on any atom is -0.369 e. The maximum Gasteiger partial charge on any atom is 0.246 e. The average Bonchev–Trinajstić information content (AvgIpc) is 2.26. The van der Waals surface area contributed by atoms with Gasteiger partial charge < -0.3 is 10.1 Å². The lowest BCUT2D eigenvalue weighted by molar-refractivity contribution is -0.127. The van der Waals surface area contributed by atoms with E-state index in [4.69, 9.17) is 4.74 Å². The molecule has 0 aliphatic carbocycles. The molecule has 3 nitrogen and oxygen atoms in total. The Labute approximate surface area is 111 Å². The van der Waals surface area contributed by atoms with E-state index < -0.39 is 0 Å². The van der Waals surface area contributed by atoms with Crippen LogP contribution in [0.1, 0.15) is 32.4 Å². The van der Waals surface area contributed by atoms with Crippen molar-refractivity contribution in [1.29, 1.82) is 0 Å². The molecule has 94 valence electrons. The third-order valence-electron chi connectivity index (χ3n) is 2.27. The van der Waals surface area contributed by atoms with Crippen LogP contribution in [0.4, 0.5) is 0 Å². The van der Waals surface area contributed by atoms with Crippen molar-refractivity contribution < 1.29 is 9.53 Å².